The zero-order chi connectivity index (χ0) is 24.7. The van der Waals surface area contributed by atoms with E-state index in [-0.39, 0.29) is 30.4 Å². The number of piperidine rings is 1. The first-order valence-electron chi connectivity index (χ1n) is 12.4. The maximum atomic E-state index is 13.0. The molecule has 3 nitrogen and oxygen atoms in total. The van der Waals surface area contributed by atoms with Gasteiger partial charge in [0.25, 0.3) is 0 Å². The van der Waals surface area contributed by atoms with Crippen molar-refractivity contribution in [2.45, 2.75) is 50.2 Å². The Bertz CT molecular complexity index is 963. The van der Waals surface area contributed by atoms with Crippen molar-refractivity contribution >= 4 is 5.78 Å². The number of rotatable bonds is 6. The summed E-state index contributed by atoms with van der Waals surface area (Å²) in [6, 6.07) is 12.2. The molecule has 1 aliphatic rings. The van der Waals surface area contributed by atoms with E-state index in [0.29, 0.717) is 4.90 Å². The van der Waals surface area contributed by atoms with Crippen LogP contribution in [0.1, 0.15) is 65.0 Å². The lowest BCUT2D eigenvalue weighted by Crippen LogP contribution is -2.45. The Morgan fingerprint density at radius 2 is 1.84 bits per heavy atom. The van der Waals surface area contributed by atoms with E-state index in [0.717, 1.165) is 0 Å². The summed E-state index contributed by atoms with van der Waals surface area (Å²) < 4.78 is 67.2. The van der Waals surface area contributed by atoms with Crippen LogP contribution >= 0.6 is 0 Å². The number of likely N-dealkylation sites (tertiary alicyclic amines) is 1. The number of carbonyl (C=O) groups is 1. The van der Waals surface area contributed by atoms with Crippen molar-refractivity contribution in [1.82, 2.24) is 4.90 Å². The molecule has 0 aliphatic carbocycles. The molecule has 0 saturated carbocycles. The molecule has 3 atom stereocenters. The van der Waals surface area contributed by atoms with Crippen LogP contribution in [0, 0.1) is 0 Å². The van der Waals surface area contributed by atoms with Gasteiger partial charge in [0.2, 0.25) is 0 Å². The Kier molecular flexibility index (Phi) is 3.45. The van der Waals surface area contributed by atoms with Crippen LogP contribution < -0.4 is 0 Å². The predicted molar refractivity (Wildman–Crippen MR) is 101 cm³/mol. The molecule has 25 heavy (non-hydrogen) atoms. The molecule has 132 valence electrons. The zero-order valence-corrected chi connectivity index (χ0v) is 13.9. The highest BCUT2D eigenvalue weighted by Gasteiger charge is 2.30. The molecule has 2 aromatic carbocycles. The normalized spacial score (nSPS) is 30.1. The molecule has 2 aromatic rings. The third-order valence-electron chi connectivity index (χ3n) is 4.31. The number of benzene rings is 2. The van der Waals surface area contributed by atoms with Crippen LogP contribution in [0.4, 0.5) is 0 Å². The van der Waals surface area contributed by atoms with Crippen molar-refractivity contribution in [3.05, 3.63) is 71.8 Å². The van der Waals surface area contributed by atoms with E-state index in [9.17, 15) is 9.90 Å². The number of aliphatic hydroxyl groups is 1. The lowest BCUT2D eigenvalue weighted by molar-refractivity contribution is 0.0549. The number of nitrogens with zero attached hydrogens (tertiary/aromatic N) is 1. The van der Waals surface area contributed by atoms with Crippen LogP contribution in [0.25, 0.3) is 0 Å². The Balaban J connectivity index is 2.06. The van der Waals surface area contributed by atoms with Gasteiger partial charge in [-0.3, -0.25) is 9.69 Å². The fourth-order valence-electron chi connectivity index (χ4n) is 2.94. The van der Waals surface area contributed by atoms with E-state index in [1.54, 1.807) is 24.3 Å². The molecule has 0 bridgehead atoms. The molecule has 0 amide bonds. The van der Waals surface area contributed by atoms with Crippen molar-refractivity contribution in [3.8, 4) is 0 Å². The van der Waals surface area contributed by atoms with Crippen molar-refractivity contribution < 1.29 is 20.9 Å². The topological polar surface area (TPSA) is 40.5 Å². The molecule has 0 radical (unpaired) electrons. The van der Waals surface area contributed by atoms with E-state index < -0.39 is 43.7 Å². The largest absolute Gasteiger partial charge is 0.388 e. The molecular formula is C22H27NO2. The van der Waals surface area contributed by atoms with Gasteiger partial charge in [0.15, 0.2) is 5.78 Å². The summed E-state index contributed by atoms with van der Waals surface area (Å²) in [6.45, 7) is -2.97. The first-order valence-corrected chi connectivity index (χ1v) is 8.38. The van der Waals surface area contributed by atoms with Gasteiger partial charge in [0.1, 0.15) is 0 Å². The summed E-state index contributed by atoms with van der Waals surface area (Å²) in [6.07, 6.45) is -8.02. The summed E-state index contributed by atoms with van der Waals surface area (Å²) in [4.78, 5) is 13.7. The molecule has 1 fully saturated rings. The Hall–Kier alpha value is -1.97. The number of hydrogen-bond donors (Lipinski definition) is 1. The third kappa shape index (κ3) is 4.56. The van der Waals surface area contributed by atoms with Gasteiger partial charge in [-0.05, 0) is 31.8 Å². The molecule has 0 aromatic heterocycles. The minimum atomic E-state index is -2.97. The van der Waals surface area contributed by atoms with Crippen molar-refractivity contribution in [3.63, 3.8) is 0 Å². The van der Waals surface area contributed by atoms with Crippen molar-refractivity contribution in [2.75, 3.05) is 6.98 Å². The second-order valence-electron chi connectivity index (χ2n) is 6.07. The van der Waals surface area contributed by atoms with E-state index >= 15 is 0 Å². The summed E-state index contributed by atoms with van der Waals surface area (Å²) in [5.41, 5.74) is 0.0328. The van der Waals surface area contributed by atoms with Crippen LogP contribution in [-0.4, -0.2) is 34.8 Å². The number of carbonyl (C=O) groups excluding carboxylic acids is 1. The summed E-state index contributed by atoms with van der Waals surface area (Å²) in [5.74, 6) is -0.896. The Labute approximate surface area is 161 Å². The molecule has 0 spiro atoms. The highest BCUT2D eigenvalue weighted by molar-refractivity contribution is 5.96. The maximum absolute atomic E-state index is 13.0. The predicted octanol–water partition coefficient (Wildman–Crippen LogP) is 4.24. The summed E-state index contributed by atoms with van der Waals surface area (Å²) in [7, 11) is 0. The number of hydrogen-bond acceptors (Lipinski definition) is 3. The van der Waals surface area contributed by atoms with Crippen LogP contribution in [-0.2, 0) is 0 Å². The van der Waals surface area contributed by atoms with Crippen LogP contribution in [0.15, 0.2) is 60.7 Å². The lowest BCUT2D eigenvalue weighted by atomic mass is 9.88. The number of ketones is 1. The standard InChI is InChI=1S/C22H27NO2/c1-23-19(15-21(24)17-9-4-2-5-10-17)13-8-14-20(23)16-22(25)18-11-6-3-7-12-18/h2-7,9-12,19-21,24H,8,13-16H2,1H3/t19-,20+,21+/m0/s1/i1D3,15D2,16D2,21D. The smallest absolute Gasteiger partial charge is 0.164 e. The monoisotopic (exact) mass is 345 g/mol. The number of Topliss-reactive ketones (excluding diaryl/α,β-unsaturated/α-hetero) is 1. The van der Waals surface area contributed by atoms with Gasteiger partial charge in [-0.2, -0.15) is 0 Å². The quantitative estimate of drug-likeness (QED) is 0.796. The molecular weight excluding hydrogens is 310 g/mol. The average Bonchev–Trinajstić information content (AvgIpc) is 2.78. The van der Waals surface area contributed by atoms with Gasteiger partial charge in [0.05, 0.1) is 7.45 Å². The van der Waals surface area contributed by atoms with Gasteiger partial charge in [0, 0.05) is 33.6 Å². The highest BCUT2D eigenvalue weighted by Crippen LogP contribution is 2.30. The molecule has 1 saturated heterocycles. The Morgan fingerprint density at radius 3 is 2.52 bits per heavy atom. The van der Waals surface area contributed by atoms with E-state index in [2.05, 4.69) is 0 Å². The first-order chi connectivity index (χ1) is 15.2. The fourth-order valence-corrected chi connectivity index (χ4v) is 2.94. The van der Waals surface area contributed by atoms with Gasteiger partial charge in [-0.1, -0.05) is 67.1 Å². The van der Waals surface area contributed by atoms with Crippen molar-refractivity contribution in [1.29, 1.82) is 0 Å². The SMILES string of the molecule is [2H]C([2H])(C(=O)c1ccccc1)[C@H]1CCC[C@@H](C([2H])([2H])[C@@]([2H])(O)c2ccccc2)N1C([2H])([2H])[2H]. The third-order valence-corrected chi connectivity index (χ3v) is 4.31. The minimum absolute atomic E-state index is 0.0122. The molecule has 1 heterocycles. The van der Waals surface area contributed by atoms with Crippen molar-refractivity contribution in [2.24, 2.45) is 0 Å². The Morgan fingerprint density at radius 1 is 1.20 bits per heavy atom. The second-order valence-corrected chi connectivity index (χ2v) is 6.07. The van der Waals surface area contributed by atoms with Gasteiger partial charge in [-0.25, -0.2) is 0 Å². The first kappa shape index (κ1) is 10.2. The second kappa shape index (κ2) is 8.41. The van der Waals surface area contributed by atoms with Crippen LogP contribution in [0.5, 0.6) is 0 Å². The molecule has 3 rings (SSSR count). The van der Waals surface area contributed by atoms with Crippen LogP contribution in [0.3, 0.4) is 0 Å². The lowest BCUT2D eigenvalue weighted by Gasteiger charge is -2.40. The highest BCUT2D eigenvalue weighted by atomic mass is 16.3. The summed E-state index contributed by atoms with van der Waals surface area (Å²) in [5, 5.41) is 10.9. The minimum Gasteiger partial charge on any atom is -0.388 e. The van der Waals surface area contributed by atoms with E-state index in [4.69, 9.17) is 11.0 Å². The van der Waals surface area contributed by atoms with Gasteiger partial charge >= 0.3 is 0 Å². The molecule has 1 N–H and O–H groups in total. The molecule has 1 aliphatic heterocycles. The average molecular weight is 346 g/mol. The van der Waals surface area contributed by atoms with E-state index in [1.165, 1.54) is 36.4 Å². The maximum Gasteiger partial charge on any atom is 0.164 e. The van der Waals surface area contributed by atoms with Gasteiger partial charge < -0.3 is 5.11 Å². The molecule has 0 unspecified atom stereocenters. The fraction of sp³-hybridized carbons (Fsp3) is 0.409. The molecule has 3 heteroatoms. The van der Waals surface area contributed by atoms with E-state index in [1.807, 2.05) is 0 Å². The summed E-state index contributed by atoms with van der Waals surface area (Å²) >= 11 is 0. The zero-order valence-electron chi connectivity index (χ0n) is 21.9. The van der Waals surface area contributed by atoms with Crippen LogP contribution in [0.2, 0.25) is 0 Å². The van der Waals surface area contributed by atoms with Gasteiger partial charge in [-0.15, -0.1) is 0 Å².